The minimum atomic E-state index is -0.245. The van der Waals surface area contributed by atoms with E-state index < -0.39 is 0 Å². The molecular formula is C22H19FN6O. The van der Waals surface area contributed by atoms with E-state index in [1.54, 1.807) is 35.1 Å². The van der Waals surface area contributed by atoms with E-state index in [1.807, 2.05) is 29.2 Å². The van der Waals surface area contributed by atoms with Crippen molar-refractivity contribution in [2.24, 2.45) is 0 Å². The number of nitrogens with zero attached hydrogens (tertiary/aromatic N) is 6. The van der Waals surface area contributed by atoms with Gasteiger partial charge in [0.15, 0.2) is 5.65 Å². The van der Waals surface area contributed by atoms with Gasteiger partial charge in [0, 0.05) is 43.6 Å². The van der Waals surface area contributed by atoms with Crippen LogP contribution in [0.15, 0.2) is 66.9 Å². The highest BCUT2D eigenvalue weighted by atomic mass is 19.1. The molecule has 2 aromatic heterocycles. The summed E-state index contributed by atoms with van der Waals surface area (Å²) in [5.41, 5.74) is 3.80. The monoisotopic (exact) mass is 402 g/mol. The second-order valence-corrected chi connectivity index (χ2v) is 7.15. The van der Waals surface area contributed by atoms with E-state index in [1.165, 1.54) is 12.1 Å². The zero-order valence-electron chi connectivity index (χ0n) is 16.1. The fourth-order valence-electron chi connectivity index (χ4n) is 3.69. The summed E-state index contributed by atoms with van der Waals surface area (Å²) in [6.07, 6.45) is 1.70. The third-order valence-electron chi connectivity index (χ3n) is 5.33. The molecule has 7 nitrogen and oxygen atoms in total. The predicted molar refractivity (Wildman–Crippen MR) is 111 cm³/mol. The van der Waals surface area contributed by atoms with Crippen LogP contribution in [0, 0.1) is 5.82 Å². The van der Waals surface area contributed by atoms with Gasteiger partial charge < -0.3 is 9.80 Å². The molecule has 0 radical (unpaired) electrons. The molecule has 3 heterocycles. The van der Waals surface area contributed by atoms with Gasteiger partial charge in [0.1, 0.15) is 11.3 Å². The van der Waals surface area contributed by atoms with E-state index in [0.717, 1.165) is 16.9 Å². The molecule has 1 saturated heterocycles. The van der Waals surface area contributed by atoms with Gasteiger partial charge in [-0.2, -0.15) is 4.68 Å². The summed E-state index contributed by atoms with van der Waals surface area (Å²) in [6.45, 7) is 2.67. The third kappa shape index (κ3) is 3.36. The molecule has 0 N–H and O–H groups in total. The maximum Gasteiger partial charge on any atom is 0.253 e. The maximum absolute atomic E-state index is 13.1. The van der Waals surface area contributed by atoms with Gasteiger partial charge in [-0.3, -0.25) is 4.79 Å². The van der Waals surface area contributed by atoms with Crippen LogP contribution in [0.1, 0.15) is 10.4 Å². The summed E-state index contributed by atoms with van der Waals surface area (Å²) in [5.74, 6) is -0.243. The number of hydrogen-bond acceptors (Lipinski definition) is 5. The Morgan fingerprint density at radius 2 is 1.57 bits per heavy atom. The van der Waals surface area contributed by atoms with Gasteiger partial charge in [-0.25, -0.2) is 9.37 Å². The molecule has 150 valence electrons. The highest BCUT2D eigenvalue weighted by Crippen LogP contribution is 2.19. The Morgan fingerprint density at radius 3 is 2.30 bits per heavy atom. The lowest BCUT2D eigenvalue weighted by Gasteiger charge is -2.36. The molecule has 0 atom stereocenters. The average Bonchev–Trinajstić information content (AvgIpc) is 3.24. The van der Waals surface area contributed by atoms with E-state index in [4.69, 9.17) is 0 Å². The summed E-state index contributed by atoms with van der Waals surface area (Å²) < 4.78 is 14.8. The van der Waals surface area contributed by atoms with E-state index >= 15 is 0 Å². The number of piperazine rings is 1. The van der Waals surface area contributed by atoms with Crippen LogP contribution in [0.4, 0.5) is 10.1 Å². The zero-order chi connectivity index (χ0) is 20.5. The Morgan fingerprint density at radius 1 is 0.867 bits per heavy atom. The Bertz CT molecular complexity index is 1180. The first-order chi connectivity index (χ1) is 14.7. The van der Waals surface area contributed by atoms with Gasteiger partial charge >= 0.3 is 0 Å². The van der Waals surface area contributed by atoms with E-state index in [2.05, 4.69) is 20.2 Å². The molecule has 0 spiro atoms. The Labute approximate surface area is 172 Å². The lowest BCUT2D eigenvalue weighted by molar-refractivity contribution is 0.0747. The third-order valence-corrected chi connectivity index (χ3v) is 5.33. The molecule has 0 aliphatic carbocycles. The summed E-state index contributed by atoms with van der Waals surface area (Å²) in [5, 5.41) is 8.27. The summed E-state index contributed by atoms with van der Waals surface area (Å²) in [4.78, 5) is 21.2. The first-order valence-electron chi connectivity index (χ1n) is 9.76. The van der Waals surface area contributed by atoms with Crippen molar-refractivity contribution in [2.45, 2.75) is 0 Å². The molecule has 2 aromatic carbocycles. The normalized spacial score (nSPS) is 14.3. The van der Waals surface area contributed by atoms with Gasteiger partial charge in [0.2, 0.25) is 0 Å². The van der Waals surface area contributed by atoms with Crippen molar-refractivity contribution in [1.29, 1.82) is 0 Å². The highest BCUT2D eigenvalue weighted by molar-refractivity contribution is 5.94. The number of carbonyl (C=O) groups excluding carboxylic acids is 1. The summed E-state index contributed by atoms with van der Waals surface area (Å²) in [7, 11) is 0. The molecule has 1 aliphatic heterocycles. The number of hydrogen-bond donors (Lipinski definition) is 0. The number of rotatable bonds is 3. The second-order valence-electron chi connectivity index (χ2n) is 7.15. The topological polar surface area (TPSA) is 67.2 Å². The number of aromatic nitrogens is 4. The smallest absolute Gasteiger partial charge is 0.253 e. The first kappa shape index (κ1) is 18.2. The number of pyridine rings is 1. The fraction of sp³-hybridized carbons (Fsp3) is 0.182. The number of anilines is 1. The molecule has 1 aliphatic rings. The SMILES string of the molecule is O=C(c1ccc(-n2nnc3cccnc32)cc1)N1CCN(c2ccc(F)cc2)CC1. The second kappa shape index (κ2) is 7.55. The van der Waals surface area contributed by atoms with Gasteiger partial charge in [-0.1, -0.05) is 5.21 Å². The Kier molecular flexibility index (Phi) is 4.59. The van der Waals surface area contributed by atoms with E-state index in [9.17, 15) is 9.18 Å². The number of benzene rings is 2. The van der Waals surface area contributed by atoms with Gasteiger partial charge in [-0.05, 0) is 60.7 Å². The minimum Gasteiger partial charge on any atom is -0.368 e. The van der Waals surface area contributed by atoms with Crippen LogP contribution in [0.2, 0.25) is 0 Å². The molecule has 1 amide bonds. The molecule has 0 bridgehead atoms. The van der Waals surface area contributed by atoms with Crippen LogP contribution >= 0.6 is 0 Å². The fourth-order valence-corrected chi connectivity index (χ4v) is 3.69. The molecule has 0 unspecified atom stereocenters. The summed E-state index contributed by atoms with van der Waals surface area (Å²) in [6, 6.07) is 17.5. The van der Waals surface area contributed by atoms with Crippen LogP contribution in [-0.4, -0.2) is 57.0 Å². The van der Waals surface area contributed by atoms with E-state index in [-0.39, 0.29) is 11.7 Å². The number of fused-ring (bicyclic) bond motifs is 1. The number of amides is 1. The zero-order valence-corrected chi connectivity index (χ0v) is 16.1. The van der Waals surface area contributed by atoms with Gasteiger partial charge in [-0.15, -0.1) is 5.10 Å². The lowest BCUT2D eigenvalue weighted by Crippen LogP contribution is -2.48. The van der Waals surface area contributed by atoms with Crippen molar-refractivity contribution in [1.82, 2.24) is 24.9 Å². The number of carbonyl (C=O) groups is 1. The highest BCUT2D eigenvalue weighted by Gasteiger charge is 2.22. The lowest BCUT2D eigenvalue weighted by atomic mass is 10.1. The van der Waals surface area contributed by atoms with Crippen molar-refractivity contribution in [3.63, 3.8) is 0 Å². The van der Waals surface area contributed by atoms with Crippen molar-refractivity contribution in [3.8, 4) is 5.69 Å². The largest absolute Gasteiger partial charge is 0.368 e. The van der Waals surface area contributed by atoms with Crippen molar-refractivity contribution in [3.05, 3.63) is 78.2 Å². The maximum atomic E-state index is 13.1. The predicted octanol–water partition coefficient (Wildman–Crippen LogP) is 2.92. The van der Waals surface area contributed by atoms with Crippen LogP contribution < -0.4 is 4.90 Å². The Hall–Kier alpha value is -3.81. The van der Waals surface area contributed by atoms with Crippen LogP contribution in [0.25, 0.3) is 16.9 Å². The van der Waals surface area contributed by atoms with Crippen molar-refractivity contribution >= 4 is 22.8 Å². The van der Waals surface area contributed by atoms with Crippen LogP contribution in [-0.2, 0) is 0 Å². The molecule has 1 fully saturated rings. The van der Waals surface area contributed by atoms with E-state index in [0.29, 0.717) is 37.4 Å². The Balaban J connectivity index is 1.27. The average molecular weight is 402 g/mol. The minimum absolute atomic E-state index is 0.00174. The van der Waals surface area contributed by atoms with Crippen LogP contribution in [0.3, 0.4) is 0 Å². The molecule has 0 saturated carbocycles. The van der Waals surface area contributed by atoms with Crippen molar-refractivity contribution < 1.29 is 9.18 Å². The standard InChI is InChI=1S/C22H19FN6O/c23-17-5-9-18(10-6-17)27-12-14-28(15-13-27)22(30)16-3-7-19(8-4-16)29-21-20(25-26-29)2-1-11-24-21/h1-11H,12-15H2. The van der Waals surface area contributed by atoms with Crippen molar-refractivity contribution in [2.75, 3.05) is 31.1 Å². The molecule has 8 heteroatoms. The molecule has 4 aromatic rings. The quantitative estimate of drug-likeness (QED) is 0.527. The molecule has 5 rings (SSSR count). The molecular weight excluding hydrogens is 383 g/mol. The first-order valence-corrected chi connectivity index (χ1v) is 9.76. The number of halogens is 1. The summed E-state index contributed by atoms with van der Waals surface area (Å²) >= 11 is 0. The van der Waals surface area contributed by atoms with Crippen LogP contribution in [0.5, 0.6) is 0 Å². The van der Waals surface area contributed by atoms with Gasteiger partial charge in [0.25, 0.3) is 5.91 Å². The molecule has 30 heavy (non-hydrogen) atoms. The van der Waals surface area contributed by atoms with Gasteiger partial charge in [0.05, 0.1) is 5.69 Å².